The fraction of sp³-hybridized carbons (Fsp3) is 0.571. The number of anilines is 1. The average Bonchev–Trinajstić information content (AvgIpc) is 2.40. The van der Waals surface area contributed by atoms with Gasteiger partial charge in [-0.1, -0.05) is 12.1 Å². The van der Waals surface area contributed by atoms with Gasteiger partial charge in [-0.25, -0.2) is 0 Å². The van der Waals surface area contributed by atoms with Crippen molar-refractivity contribution in [2.24, 2.45) is 5.92 Å². The van der Waals surface area contributed by atoms with E-state index < -0.39 is 0 Å². The Labute approximate surface area is 108 Å². The molecule has 1 aliphatic heterocycles. The Morgan fingerprint density at radius 3 is 2.53 bits per heavy atom. The molecule has 17 heavy (non-hydrogen) atoms. The first-order valence-electron chi connectivity index (χ1n) is 6.35. The molecule has 0 spiro atoms. The second-order valence-electron chi connectivity index (χ2n) is 4.57. The van der Waals surface area contributed by atoms with Crippen LogP contribution in [0.3, 0.4) is 0 Å². The third-order valence-corrected chi connectivity index (χ3v) is 3.46. The van der Waals surface area contributed by atoms with E-state index in [2.05, 4.69) is 29.6 Å². The van der Waals surface area contributed by atoms with Gasteiger partial charge in [-0.05, 0) is 42.9 Å². The van der Waals surface area contributed by atoms with Crippen LogP contribution in [-0.2, 0) is 11.2 Å². The summed E-state index contributed by atoms with van der Waals surface area (Å²) in [5.74, 6) is 1.45. The highest BCUT2D eigenvalue weighted by molar-refractivity contribution is 6.17. The van der Waals surface area contributed by atoms with Crippen molar-refractivity contribution < 1.29 is 4.74 Å². The molecular formula is C14H20ClNO. The van der Waals surface area contributed by atoms with Crippen LogP contribution >= 0.6 is 11.6 Å². The molecule has 0 saturated carbocycles. The Morgan fingerprint density at radius 1 is 1.18 bits per heavy atom. The highest BCUT2D eigenvalue weighted by Gasteiger charge is 2.12. The summed E-state index contributed by atoms with van der Waals surface area (Å²) in [5.41, 5.74) is 2.51. The van der Waals surface area contributed by atoms with Crippen molar-refractivity contribution in [3.63, 3.8) is 0 Å². The smallest absolute Gasteiger partial charge is 0.0469 e. The zero-order valence-corrected chi connectivity index (χ0v) is 10.9. The van der Waals surface area contributed by atoms with Crippen molar-refractivity contribution in [3.05, 3.63) is 29.8 Å². The van der Waals surface area contributed by atoms with Gasteiger partial charge in [0.25, 0.3) is 0 Å². The summed E-state index contributed by atoms with van der Waals surface area (Å²) in [5, 5.41) is 3.50. The number of hydrogen-bond donors (Lipinski definition) is 1. The molecule has 94 valence electrons. The van der Waals surface area contributed by atoms with Crippen LogP contribution in [0.5, 0.6) is 0 Å². The van der Waals surface area contributed by atoms with E-state index in [9.17, 15) is 0 Å². The second-order valence-corrected chi connectivity index (χ2v) is 4.95. The lowest BCUT2D eigenvalue weighted by molar-refractivity contribution is 0.0699. The normalized spacial score (nSPS) is 17.0. The predicted molar refractivity (Wildman–Crippen MR) is 72.9 cm³/mol. The molecule has 1 N–H and O–H groups in total. The molecule has 1 fully saturated rings. The number of hydrogen-bond acceptors (Lipinski definition) is 2. The van der Waals surface area contributed by atoms with Crippen molar-refractivity contribution in [1.29, 1.82) is 0 Å². The molecule has 0 radical (unpaired) electrons. The van der Waals surface area contributed by atoms with Crippen LogP contribution in [0.2, 0.25) is 0 Å². The molecule has 1 saturated heterocycles. The van der Waals surface area contributed by atoms with Crippen molar-refractivity contribution in [2.75, 3.05) is 31.0 Å². The number of halogens is 1. The molecule has 0 aromatic heterocycles. The highest BCUT2D eigenvalue weighted by Crippen LogP contribution is 2.16. The summed E-state index contributed by atoms with van der Waals surface area (Å²) in [7, 11) is 0. The Morgan fingerprint density at radius 2 is 1.88 bits per heavy atom. The molecule has 0 bridgehead atoms. The molecule has 0 atom stereocenters. The summed E-state index contributed by atoms with van der Waals surface area (Å²) in [4.78, 5) is 0. The van der Waals surface area contributed by atoms with Crippen LogP contribution in [0, 0.1) is 5.92 Å². The van der Waals surface area contributed by atoms with Crippen LogP contribution in [0.15, 0.2) is 24.3 Å². The van der Waals surface area contributed by atoms with E-state index >= 15 is 0 Å². The number of rotatable bonds is 5. The topological polar surface area (TPSA) is 21.3 Å². The molecule has 1 aromatic rings. The standard InChI is InChI=1S/C14H20ClNO/c15-8-5-12-1-3-14(4-2-12)16-11-13-6-9-17-10-7-13/h1-4,13,16H,5-11H2. The van der Waals surface area contributed by atoms with E-state index in [0.29, 0.717) is 5.88 Å². The lowest BCUT2D eigenvalue weighted by Crippen LogP contribution is -2.22. The quantitative estimate of drug-likeness (QED) is 0.813. The zero-order valence-electron chi connectivity index (χ0n) is 10.1. The molecule has 0 aliphatic carbocycles. The van der Waals surface area contributed by atoms with Crippen LogP contribution in [0.25, 0.3) is 0 Å². The first kappa shape index (κ1) is 12.7. The Balaban J connectivity index is 1.77. The van der Waals surface area contributed by atoms with Gasteiger partial charge >= 0.3 is 0 Å². The summed E-state index contributed by atoms with van der Waals surface area (Å²) >= 11 is 5.71. The molecule has 1 aliphatic rings. The molecule has 2 nitrogen and oxygen atoms in total. The summed E-state index contributed by atoms with van der Waals surface area (Å²) in [6.45, 7) is 2.89. The van der Waals surface area contributed by atoms with Crippen molar-refractivity contribution in [1.82, 2.24) is 0 Å². The SMILES string of the molecule is ClCCc1ccc(NCC2CCOCC2)cc1. The van der Waals surface area contributed by atoms with E-state index in [1.165, 1.54) is 24.1 Å². The van der Waals surface area contributed by atoms with Gasteiger partial charge in [0.05, 0.1) is 0 Å². The minimum absolute atomic E-state index is 0.689. The molecular weight excluding hydrogens is 234 g/mol. The maximum Gasteiger partial charge on any atom is 0.0469 e. The fourth-order valence-corrected chi connectivity index (χ4v) is 2.33. The molecule has 2 rings (SSSR count). The van der Waals surface area contributed by atoms with Crippen molar-refractivity contribution in [3.8, 4) is 0 Å². The summed E-state index contributed by atoms with van der Waals surface area (Å²) in [6.07, 6.45) is 3.30. The third kappa shape index (κ3) is 4.21. The van der Waals surface area contributed by atoms with E-state index in [1.54, 1.807) is 0 Å². The lowest BCUT2D eigenvalue weighted by atomic mass is 10.0. The maximum atomic E-state index is 5.71. The fourth-order valence-electron chi connectivity index (χ4n) is 2.11. The summed E-state index contributed by atoms with van der Waals surface area (Å²) in [6, 6.07) is 8.58. The maximum absolute atomic E-state index is 5.71. The minimum atomic E-state index is 0.689. The van der Waals surface area contributed by atoms with Gasteiger partial charge in [0.15, 0.2) is 0 Å². The van der Waals surface area contributed by atoms with Crippen LogP contribution in [0.4, 0.5) is 5.69 Å². The van der Waals surface area contributed by atoms with Gasteiger partial charge in [0.1, 0.15) is 0 Å². The molecule has 1 heterocycles. The number of nitrogens with one attached hydrogen (secondary N) is 1. The minimum Gasteiger partial charge on any atom is -0.385 e. The monoisotopic (exact) mass is 253 g/mol. The van der Waals surface area contributed by atoms with E-state index in [0.717, 1.165) is 32.1 Å². The summed E-state index contributed by atoms with van der Waals surface area (Å²) < 4.78 is 5.35. The van der Waals surface area contributed by atoms with E-state index in [1.807, 2.05) is 0 Å². The Hall–Kier alpha value is -0.730. The lowest BCUT2D eigenvalue weighted by Gasteiger charge is -2.22. The molecule has 0 amide bonds. The van der Waals surface area contributed by atoms with Gasteiger partial charge in [-0.15, -0.1) is 11.6 Å². The highest BCUT2D eigenvalue weighted by atomic mass is 35.5. The first-order valence-corrected chi connectivity index (χ1v) is 6.88. The second kappa shape index (κ2) is 6.87. The van der Waals surface area contributed by atoms with E-state index in [4.69, 9.17) is 16.3 Å². The Kier molecular flexibility index (Phi) is 5.14. The van der Waals surface area contributed by atoms with Crippen LogP contribution in [-0.4, -0.2) is 25.6 Å². The third-order valence-electron chi connectivity index (χ3n) is 3.27. The van der Waals surface area contributed by atoms with Crippen molar-refractivity contribution in [2.45, 2.75) is 19.3 Å². The molecule has 3 heteroatoms. The van der Waals surface area contributed by atoms with Gasteiger partial charge < -0.3 is 10.1 Å². The number of benzene rings is 1. The van der Waals surface area contributed by atoms with Gasteiger partial charge in [0.2, 0.25) is 0 Å². The van der Waals surface area contributed by atoms with Crippen LogP contribution in [0.1, 0.15) is 18.4 Å². The first-order chi connectivity index (χ1) is 8.38. The molecule has 0 unspecified atom stereocenters. The predicted octanol–water partition coefficient (Wildman–Crippen LogP) is 3.31. The molecule has 1 aromatic carbocycles. The number of aryl methyl sites for hydroxylation is 1. The average molecular weight is 254 g/mol. The zero-order chi connectivity index (χ0) is 11.9. The van der Waals surface area contributed by atoms with E-state index in [-0.39, 0.29) is 0 Å². The van der Waals surface area contributed by atoms with Crippen LogP contribution < -0.4 is 5.32 Å². The van der Waals surface area contributed by atoms with Crippen molar-refractivity contribution >= 4 is 17.3 Å². The number of ether oxygens (including phenoxy) is 1. The van der Waals surface area contributed by atoms with Gasteiger partial charge in [-0.2, -0.15) is 0 Å². The largest absolute Gasteiger partial charge is 0.385 e. The van der Waals surface area contributed by atoms with Gasteiger partial charge in [0, 0.05) is 31.3 Å². The van der Waals surface area contributed by atoms with Gasteiger partial charge in [-0.3, -0.25) is 0 Å². The Bertz CT molecular complexity index is 319. The number of alkyl halides is 1.